The number of hydrogen-bond donors (Lipinski definition) is 2. The topological polar surface area (TPSA) is 54.0 Å². The van der Waals surface area contributed by atoms with Gasteiger partial charge in [-0.2, -0.15) is 0 Å². The number of aryl methyl sites for hydroxylation is 1. The first-order chi connectivity index (χ1) is 9.72. The fourth-order valence-electron chi connectivity index (χ4n) is 1.80. The van der Waals surface area contributed by atoms with Gasteiger partial charge in [0.25, 0.3) is 0 Å². The maximum atomic E-state index is 11.1. The van der Waals surface area contributed by atoms with Crippen molar-refractivity contribution in [3.05, 3.63) is 40.9 Å². The van der Waals surface area contributed by atoms with E-state index in [4.69, 9.17) is 0 Å². The van der Waals surface area contributed by atoms with Gasteiger partial charge >= 0.3 is 0 Å². The van der Waals surface area contributed by atoms with Gasteiger partial charge in [0, 0.05) is 24.5 Å². The number of carbonyl (C=O) groups is 1. The second-order valence-electron chi connectivity index (χ2n) is 4.47. The van der Waals surface area contributed by atoms with Gasteiger partial charge in [-0.25, -0.2) is 4.98 Å². The Morgan fingerprint density at radius 2 is 2.05 bits per heavy atom. The van der Waals surface area contributed by atoms with Crippen LogP contribution >= 0.6 is 11.3 Å². The third kappa shape index (κ3) is 3.88. The molecule has 0 atom stereocenters. The molecule has 1 aromatic heterocycles. The van der Waals surface area contributed by atoms with Crippen LogP contribution in [-0.2, 0) is 17.8 Å². The van der Waals surface area contributed by atoms with Gasteiger partial charge in [-0.1, -0.05) is 31.2 Å². The molecule has 1 heterocycles. The predicted molar refractivity (Wildman–Crippen MR) is 82.7 cm³/mol. The van der Waals surface area contributed by atoms with E-state index in [9.17, 15) is 4.79 Å². The summed E-state index contributed by atoms with van der Waals surface area (Å²) in [5.74, 6) is -0.0180. The molecule has 0 bridgehead atoms. The molecule has 0 aliphatic carbocycles. The Morgan fingerprint density at radius 3 is 2.70 bits per heavy atom. The molecule has 0 radical (unpaired) electrons. The van der Waals surface area contributed by atoms with Gasteiger partial charge in [0.05, 0.1) is 12.2 Å². The number of amides is 1. The highest BCUT2D eigenvalue weighted by atomic mass is 32.1. The number of aromatic nitrogens is 1. The molecule has 0 saturated carbocycles. The summed E-state index contributed by atoms with van der Waals surface area (Å²) in [4.78, 5) is 15.7. The quantitative estimate of drug-likeness (QED) is 0.857. The summed E-state index contributed by atoms with van der Waals surface area (Å²) in [5, 5.41) is 8.69. The van der Waals surface area contributed by atoms with Crippen molar-refractivity contribution in [1.82, 2.24) is 15.6 Å². The molecule has 2 rings (SSSR count). The lowest BCUT2D eigenvalue weighted by atomic mass is 10.1. The van der Waals surface area contributed by atoms with Crippen LogP contribution in [0.25, 0.3) is 10.6 Å². The lowest BCUT2D eigenvalue weighted by Gasteiger charge is -2.01. The van der Waals surface area contributed by atoms with Gasteiger partial charge in [-0.3, -0.25) is 4.79 Å². The van der Waals surface area contributed by atoms with Gasteiger partial charge in [0.1, 0.15) is 5.01 Å². The van der Waals surface area contributed by atoms with E-state index in [0.29, 0.717) is 13.1 Å². The van der Waals surface area contributed by atoms with Gasteiger partial charge in [0.2, 0.25) is 5.91 Å². The molecule has 2 aromatic rings. The van der Waals surface area contributed by atoms with Crippen molar-refractivity contribution in [3.63, 3.8) is 0 Å². The Morgan fingerprint density at radius 1 is 1.30 bits per heavy atom. The van der Waals surface area contributed by atoms with Crippen molar-refractivity contribution in [3.8, 4) is 10.6 Å². The molecule has 1 aromatic carbocycles. The van der Waals surface area contributed by atoms with E-state index >= 15 is 0 Å². The number of likely N-dealkylation sites (N-methyl/N-ethyl adjacent to an activating group) is 1. The Labute approximate surface area is 123 Å². The monoisotopic (exact) mass is 289 g/mol. The molecular formula is C15H19N3OS. The molecule has 106 valence electrons. The van der Waals surface area contributed by atoms with Gasteiger partial charge in [0.15, 0.2) is 0 Å². The van der Waals surface area contributed by atoms with E-state index in [0.717, 1.165) is 22.7 Å². The van der Waals surface area contributed by atoms with Gasteiger partial charge in [-0.05, 0) is 12.0 Å². The third-order valence-corrected chi connectivity index (χ3v) is 3.97. The molecule has 0 saturated heterocycles. The van der Waals surface area contributed by atoms with Crippen molar-refractivity contribution < 1.29 is 4.79 Å². The molecule has 0 unspecified atom stereocenters. The van der Waals surface area contributed by atoms with E-state index in [1.165, 1.54) is 5.56 Å². The average molecular weight is 289 g/mol. The normalized spacial score (nSPS) is 10.5. The Hall–Kier alpha value is -1.72. The summed E-state index contributed by atoms with van der Waals surface area (Å²) >= 11 is 1.63. The van der Waals surface area contributed by atoms with Crippen molar-refractivity contribution in [2.45, 2.75) is 19.9 Å². The molecule has 2 N–H and O–H groups in total. The highest BCUT2D eigenvalue weighted by molar-refractivity contribution is 7.13. The highest BCUT2D eigenvalue weighted by Crippen LogP contribution is 2.24. The number of carbonyl (C=O) groups excluding carboxylic acids is 1. The summed E-state index contributed by atoms with van der Waals surface area (Å²) in [7, 11) is 1.63. The van der Waals surface area contributed by atoms with Crippen molar-refractivity contribution in [2.24, 2.45) is 0 Å². The average Bonchev–Trinajstić information content (AvgIpc) is 2.96. The van der Waals surface area contributed by atoms with Crippen LogP contribution in [0.4, 0.5) is 0 Å². The number of rotatable bonds is 6. The van der Waals surface area contributed by atoms with Gasteiger partial charge in [-0.15, -0.1) is 11.3 Å². The van der Waals surface area contributed by atoms with E-state index < -0.39 is 0 Å². The SMILES string of the molecule is CCc1ccc(-c2nc(CNCC(=O)NC)cs2)cc1. The smallest absolute Gasteiger partial charge is 0.233 e. The fraction of sp³-hybridized carbons (Fsp3) is 0.333. The number of nitrogens with one attached hydrogen (secondary N) is 2. The van der Waals surface area contributed by atoms with Crippen LogP contribution in [0, 0.1) is 0 Å². The number of nitrogens with zero attached hydrogens (tertiary/aromatic N) is 1. The first kappa shape index (κ1) is 14.7. The number of benzene rings is 1. The summed E-state index contributed by atoms with van der Waals surface area (Å²) < 4.78 is 0. The Balaban J connectivity index is 1.95. The summed E-state index contributed by atoms with van der Waals surface area (Å²) in [6.45, 7) is 3.07. The molecule has 0 spiro atoms. The number of hydrogen-bond acceptors (Lipinski definition) is 4. The van der Waals surface area contributed by atoms with Crippen LogP contribution in [0.2, 0.25) is 0 Å². The second kappa shape index (κ2) is 7.17. The molecular weight excluding hydrogens is 270 g/mol. The molecule has 1 amide bonds. The van der Waals surface area contributed by atoms with Crippen LogP contribution in [0.3, 0.4) is 0 Å². The highest BCUT2D eigenvalue weighted by Gasteiger charge is 2.05. The zero-order valence-corrected chi connectivity index (χ0v) is 12.6. The summed E-state index contributed by atoms with van der Waals surface area (Å²) in [5.41, 5.74) is 3.44. The molecule has 5 heteroatoms. The van der Waals surface area contributed by atoms with Crippen LogP contribution in [0.15, 0.2) is 29.6 Å². The Kier molecular flexibility index (Phi) is 5.26. The van der Waals surface area contributed by atoms with Crippen LogP contribution < -0.4 is 10.6 Å². The molecule has 0 aliphatic heterocycles. The number of thiazole rings is 1. The molecule has 0 fully saturated rings. The fourth-order valence-corrected chi connectivity index (χ4v) is 2.62. The molecule has 20 heavy (non-hydrogen) atoms. The molecule has 0 aliphatic rings. The zero-order valence-electron chi connectivity index (χ0n) is 11.8. The van der Waals surface area contributed by atoms with E-state index in [2.05, 4.69) is 46.8 Å². The maximum Gasteiger partial charge on any atom is 0.233 e. The van der Waals surface area contributed by atoms with Crippen LogP contribution in [-0.4, -0.2) is 24.5 Å². The van der Waals surface area contributed by atoms with Crippen molar-refractivity contribution in [1.29, 1.82) is 0 Å². The second-order valence-corrected chi connectivity index (χ2v) is 5.33. The maximum absolute atomic E-state index is 11.1. The van der Waals surface area contributed by atoms with Gasteiger partial charge < -0.3 is 10.6 Å². The standard InChI is InChI=1S/C15H19N3OS/c1-3-11-4-6-12(7-5-11)15-18-13(10-20-15)8-17-9-14(19)16-2/h4-7,10,17H,3,8-9H2,1-2H3,(H,16,19). The van der Waals surface area contributed by atoms with E-state index in [1.807, 2.05) is 5.38 Å². The van der Waals surface area contributed by atoms with Crippen LogP contribution in [0.1, 0.15) is 18.2 Å². The van der Waals surface area contributed by atoms with E-state index in [1.54, 1.807) is 18.4 Å². The molecule has 4 nitrogen and oxygen atoms in total. The minimum atomic E-state index is -0.0180. The minimum absolute atomic E-state index is 0.0180. The van der Waals surface area contributed by atoms with E-state index in [-0.39, 0.29) is 5.91 Å². The lowest BCUT2D eigenvalue weighted by Crippen LogP contribution is -2.31. The van der Waals surface area contributed by atoms with Crippen molar-refractivity contribution >= 4 is 17.2 Å². The minimum Gasteiger partial charge on any atom is -0.358 e. The Bertz CT molecular complexity index is 563. The summed E-state index contributed by atoms with van der Waals surface area (Å²) in [6.07, 6.45) is 1.05. The largest absolute Gasteiger partial charge is 0.358 e. The van der Waals surface area contributed by atoms with Crippen molar-refractivity contribution in [2.75, 3.05) is 13.6 Å². The lowest BCUT2D eigenvalue weighted by molar-refractivity contribution is -0.119. The third-order valence-electron chi connectivity index (χ3n) is 3.03. The predicted octanol–water partition coefficient (Wildman–Crippen LogP) is 2.21. The first-order valence-corrected chi connectivity index (χ1v) is 7.56. The zero-order chi connectivity index (χ0) is 14.4. The van der Waals surface area contributed by atoms with Crippen LogP contribution in [0.5, 0.6) is 0 Å². The first-order valence-electron chi connectivity index (χ1n) is 6.68. The summed E-state index contributed by atoms with van der Waals surface area (Å²) in [6, 6.07) is 8.50.